The van der Waals surface area contributed by atoms with Crippen molar-refractivity contribution in [1.29, 1.82) is 0 Å². The van der Waals surface area contributed by atoms with Gasteiger partial charge in [0.2, 0.25) is 0 Å². The average molecular weight is 370 g/mol. The number of amides is 2. The first-order valence-corrected chi connectivity index (χ1v) is 8.14. The molecule has 2 aromatic heterocycles. The van der Waals surface area contributed by atoms with Gasteiger partial charge in [-0.3, -0.25) is 9.59 Å². The molecular formula is C18H16ClN5O2. The van der Waals surface area contributed by atoms with Gasteiger partial charge in [0.1, 0.15) is 5.69 Å². The summed E-state index contributed by atoms with van der Waals surface area (Å²) in [5.41, 5.74) is 7.99. The standard InChI is InChI=1S/C18H16ClN5O2/c1-10-5-6-11(18(26)21-2)12(8-10)14-9-15(16(20)25)24(23-14)17-13(19)4-3-7-22-17/h3-9H,1-2H3,(H2,20,25)(H,21,26). The summed E-state index contributed by atoms with van der Waals surface area (Å²) in [4.78, 5) is 28.3. The second-order valence-corrected chi connectivity index (χ2v) is 6.04. The van der Waals surface area contributed by atoms with E-state index in [0.717, 1.165) is 5.56 Å². The minimum atomic E-state index is -0.681. The summed E-state index contributed by atoms with van der Waals surface area (Å²) in [7, 11) is 1.55. The fraction of sp³-hybridized carbons (Fsp3) is 0.111. The van der Waals surface area contributed by atoms with Crippen molar-refractivity contribution in [3.63, 3.8) is 0 Å². The number of primary amides is 1. The molecule has 3 N–H and O–H groups in total. The summed E-state index contributed by atoms with van der Waals surface area (Å²) < 4.78 is 1.29. The molecule has 0 aliphatic rings. The number of hydrogen-bond donors (Lipinski definition) is 2. The number of carbonyl (C=O) groups is 2. The molecule has 132 valence electrons. The molecular weight excluding hydrogens is 354 g/mol. The molecule has 3 aromatic rings. The third kappa shape index (κ3) is 3.16. The van der Waals surface area contributed by atoms with E-state index in [-0.39, 0.29) is 17.4 Å². The maximum Gasteiger partial charge on any atom is 0.267 e. The predicted octanol–water partition coefficient (Wildman–Crippen LogP) is 2.35. The van der Waals surface area contributed by atoms with E-state index in [0.29, 0.717) is 21.8 Å². The highest BCUT2D eigenvalue weighted by atomic mass is 35.5. The van der Waals surface area contributed by atoms with Gasteiger partial charge in [-0.05, 0) is 37.3 Å². The Bertz CT molecular complexity index is 1010. The summed E-state index contributed by atoms with van der Waals surface area (Å²) in [6.07, 6.45) is 1.54. The lowest BCUT2D eigenvalue weighted by Gasteiger charge is -2.08. The maximum atomic E-state index is 12.2. The van der Waals surface area contributed by atoms with Crippen LogP contribution in [0.4, 0.5) is 0 Å². The molecule has 0 fully saturated rings. The van der Waals surface area contributed by atoms with Gasteiger partial charge in [-0.1, -0.05) is 23.2 Å². The number of nitrogens with zero attached hydrogens (tertiary/aromatic N) is 3. The third-order valence-corrected chi connectivity index (χ3v) is 4.12. The molecule has 0 spiro atoms. The number of halogens is 1. The largest absolute Gasteiger partial charge is 0.364 e. The van der Waals surface area contributed by atoms with Crippen LogP contribution < -0.4 is 11.1 Å². The van der Waals surface area contributed by atoms with Gasteiger partial charge < -0.3 is 11.1 Å². The molecule has 3 rings (SSSR count). The summed E-state index contributed by atoms with van der Waals surface area (Å²) in [5.74, 6) is -0.658. The van der Waals surface area contributed by atoms with Crippen molar-refractivity contribution in [1.82, 2.24) is 20.1 Å². The first-order valence-electron chi connectivity index (χ1n) is 7.76. The van der Waals surface area contributed by atoms with Crippen LogP contribution in [-0.2, 0) is 0 Å². The minimum absolute atomic E-state index is 0.116. The molecule has 2 amide bonds. The molecule has 0 aliphatic carbocycles. The predicted molar refractivity (Wildman–Crippen MR) is 98.5 cm³/mol. The number of pyridine rings is 1. The number of carbonyl (C=O) groups excluding carboxylic acids is 2. The maximum absolute atomic E-state index is 12.2. The van der Waals surface area contributed by atoms with E-state index in [1.165, 1.54) is 16.9 Å². The van der Waals surface area contributed by atoms with Gasteiger partial charge in [-0.2, -0.15) is 5.10 Å². The molecule has 7 nitrogen and oxygen atoms in total. The summed E-state index contributed by atoms with van der Waals surface area (Å²) in [6, 6.07) is 10.2. The Balaban J connectivity index is 2.25. The summed E-state index contributed by atoms with van der Waals surface area (Å²) in [5, 5.41) is 7.36. The Kier molecular flexibility index (Phi) is 4.73. The summed E-state index contributed by atoms with van der Waals surface area (Å²) in [6.45, 7) is 1.90. The minimum Gasteiger partial charge on any atom is -0.364 e. The zero-order valence-corrected chi connectivity index (χ0v) is 14.9. The number of aromatic nitrogens is 3. The van der Waals surface area contributed by atoms with Crippen LogP contribution in [0.15, 0.2) is 42.6 Å². The molecule has 1 aromatic carbocycles. The van der Waals surface area contributed by atoms with Crippen molar-refractivity contribution in [2.45, 2.75) is 6.92 Å². The van der Waals surface area contributed by atoms with Gasteiger partial charge >= 0.3 is 0 Å². The molecule has 0 saturated heterocycles. The van der Waals surface area contributed by atoms with Crippen molar-refractivity contribution in [2.24, 2.45) is 5.73 Å². The zero-order chi connectivity index (χ0) is 18.8. The van der Waals surface area contributed by atoms with Crippen LogP contribution in [0.2, 0.25) is 5.02 Å². The Morgan fingerprint density at radius 1 is 1.23 bits per heavy atom. The molecule has 0 saturated carbocycles. The van der Waals surface area contributed by atoms with E-state index >= 15 is 0 Å². The normalized spacial score (nSPS) is 10.6. The van der Waals surface area contributed by atoms with Gasteiger partial charge in [0, 0.05) is 24.4 Å². The van der Waals surface area contributed by atoms with Gasteiger partial charge in [-0.15, -0.1) is 0 Å². The Labute approximate surface area is 154 Å². The molecule has 0 radical (unpaired) electrons. The van der Waals surface area contributed by atoms with Crippen LogP contribution in [0.1, 0.15) is 26.4 Å². The SMILES string of the molecule is CNC(=O)c1ccc(C)cc1-c1cc(C(N)=O)n(-c2ncccc2Cl)n1. The molecule has 0 atom stereocenters. The number of nitrogens with two attached hydrogens (primary N) is 1. The Morgan fingerprint density at radius 3 is 2.65 bits per heavy atom. The van der Waals surface area contributed by atoms with Crippen LogP contribution in [0.5, 0.6) is 0 Å². The fourth-order valence-electron chi connectivity index (χ4n) is 2.59. The van der Waals surface area contributed by atoms with Gasteiger partial charge in [0.25, 0.3) is 11.8 Å². The van der Waals surface area contributed by atoms with Gasteiger partial charge in [-0.25, -0.2) is 9.67 Å². The van der Waals surface area contributed by atoms with Crippen LogP contribution in [0, 0.1) is 6.92 Å². The Hall–Kier alpha value is -3.19. The van der Waals surface area contributed by atoms with Crippen molar-refractivity contribution < 1.29 is 9.59 Å². The van der Waals surface area contributed by atoms with Crippen molar-refractivity contribution >= 4 is 23.4 Å². The van der Waals surface area contributed by atoms with E-state index in [4.69, 9.17) is 17.3 Å². The van der Waals surface area contributed by atoms with E-state index in [9.17, 15) is 9.59 Å². The van der Waals surface area contributed by atoms with Crippen molar-refractivity contribution in [3.8, 4) is 17.1 Å². The average Bonchev–Trinajstić information content (AvgIpc) is 3.06. The lowest BCUT2D eigenvalue weighted by molar-refractivity contribution is 0.0961. The lowest BCUT2D eigenvalue weighted by atomic mass is 10.0. The second-order valence-electron chi connectivity index (χ2n) is 5.63. The highest BCUT2D eigenvalue weighted by molar-refractivity contribution is 6.32. The lowest BCUT2D eigenvalue weighted by Crippen LogP contribution is -2.18. The molecule has 8 heteroatoms. The van der Waals surface area contributed by atoms with Crippen molar-refractivity contribution in [3.05, 3.63) is 64.4 Å². The van der Waals surface area contributed by atoms with E-state index < -0.39 is 5.91 Å². The number of nitrogens with one attached hydrogen (secondary N) is 1. The molecule has 2 heterocycles. The van der Waals surface area contributed by atoms with E-state index in [1.54, 1.807) is 25.2 Å². The second kappa shape index (κ2) is 6.97. The van der Waals surface area contributed by atoms with Crippen LogP contribution >= 0.6 is 11.6 Å². The molecule has 0 unspecified atom stereocenters. The van der Waals surface area contributed by atoms with Crippen LogP contribution in [0.3, 0.4) is 0 Å². The van der Waals surface area contributed by atoms with Crippen molar-refractivity contribution in [2.75, 3.05) is 7.05 Å². The highest BCUT2D eigenvalue weighted by Crippen LogP contribution is 2.27. The highest BCUT2D eigenvalue weighted by Gasteiger charge is 2.21. The first-order chi connectivity index (χ1) is 12.4. The fourth-order valence-corrected chi connectivity index (χ4v) is 2.79. The smallest absolute Gasteiger partial charge is 0.267 e. The number of benzene rings is 1. The zero-order valence-electron chi connectivity index (χ0n) is 14.2. The number of hydrogen-bond acceptors (Lipinski definition) is 4. The molecule has 0 bridgehead atoms. The third-order valence-electron chi connectivity index (χ3n) is 3.82. The van der Waals surface area contributed by atoms with Gasteiger partial charge in [0.15, 0.2) is 5.82 Å². The number of rotatable bonds is 4. The van der Waals surface area contributed by atoms with E-state index in [1.807, 2.05) is 19.1 Å². The van der Waals surface area contributed by atoms with Crippen LogP contribution in [-0.4, -0.2) is 33.6 Å². The number of aryl methyl sites for hydroxylation is 1. The Morgan fingerprint density at radius 2 is 2.00 bits per heavy atom. The monoisotopic (exact) mass is 369 g/mol. The van der Waals surface area contributed by atoms with Crippen LogP contribution in [0.25, 0.3) is 17.1 Å². The quantitative estimate of drug-likeness (QED) is 0.736. The van der Waals surface area contributed by atoms with Gasteiger partial charge in [0.05, 0.1) is 10.7 Å². The first kappa shape index (κ1) is 17.6. The van der Waals surface area contributed by atoms with E-state index in [2.05, 4.69) is 15.4 Å². The molecule has 26 heavy (non-hydrogen) atoms. The molecule has 0 aliphatic heterocycles. The topological polar surface area (TPSA) is 103 Å². The summed E-state index contributed by atoms with van der Waals surface area (Å²) >= 11 is 6.18.